The Morgan fingerprint density at radius 1 is 1.06 bits per heavy atom. The lowest BCUT2D eigenvalue weighted by Crippen LogP contribution is -2.47. The number of nitrogens with zero attached hydrogens (tertiary/aromatic N) is 2. The standard InChI is InChI=1S/C25H25N3O5/c1-33-20-9-5-6-17(14-20)16-28(22(24(26)31)12-13-23(29)30)25(32)19-10-11-21(27-15-19)18-7-3-2-4-8-18/h2-11,14-15,22H,12-13,16H2,1H3,(H2,26,31)(H,29,30)/t22-/m0/s1. The molecule has 33 heavy (non-hydrogen) atoms. The molecular weight excluding hydrogens is 422 g/mol. The van der Waals surface area contributed by atoms with Gasteiger partial charge < -0.3 is 20.5 Å². The van der Waals surface area contributed by atoms with Gasteiger partial charge in [0, 0.05) is 24.7 Å². The number of carboxylic acids is 1. The van der Waals surface area contributed by atoms with Crippen LogP contribution in [0.5, 0.6) is 5.75 Å². The molecule has 2 amide bonds. The van der Waals surface area contributed by atoms with E-state index in [1.54, 1.807) is 36.4 Å². The molecule has 1 heterocycles. The molecule has 0 saturated carbocycles. The fourth-order valence-corrected chi connectivity index (χ4v) is 3.47. The third kappa shape index (κ3) is 6.16. The van der Waals surface area contributed by atoms with Gasteiger partial charge >= 0.3 is 5.97 Å². The van der Waals surface area contributed by atoms with E-state index in [0.717, 1.165) is 5.56 Å². The third-order valence-electron chi connectivity index (χ3n) is 5.16. The molecule has 3 aromatic rings. The molecule has 8 nitrogen and oxygen atoms in total. The fourth-order valence-electron chi connectivity index (χ4n) is 3.47. The van der Waals surface area contributed by atoms with Crippen LogP contribution >= 0.6 is 0 Å². The van der Waals surface area contributed by atoms with E-state index in [1.165, 1.54) is 18.2 Å². The molecular formula is C25H25N3O5. The number of pyridine rings is 1. The van der Waals surface area contributed by atoms with Crippen LogP contribution in [0.3, 0.4) is 0 Å². The molecule has 8 heteroatoms. The summed E-state index contributed by atoms with van der Waals surface area (Å²) in [5.74, 6) is -1.74. The van der Waals surface area contributed by atoms with E-state index in [2.05, 4.69) is 4.98 Å². The largest absolute Gasteiger partial charge is 0.497 e. The maximum atomic E-state index is 13.4. The quantitative estimate of drug-likeness (QED) is 0.492. The first-order valence-electron chi connectivity index (χ1n) is 10.4. The van der Waals surface area contributed by atoms with Crippen molar-refractivity contribution >= 4 is 17.8 Å². The second-order valence-electron chi connectivity index (χ2n) is 7.43. The van der Waals surface area contributed by atoms with E-state index >= 15 is 0 Å². The molecule has 3 N–H and O–H groups in total. The number of methoxy groups -OCH3 is 1. The number of hydrogen-bond donors (Lipinski definition) is 2. The first-order valence-corrected chi connectivity index (χ1v) is 10.4. The van der Waals surface area contributed by atoms with Crippen molar-refractivity contribution < 1.29 is 24.2 Å². The molecule has 0 aliphatic rings. The van der Waals surface area contributed by atoms with Gasteiger partial charge in [0.1, 0.15) is 11.8 Å². The number of carboxylic acid groups (broad SMARTS) is 1. The maximum Gasteiger partial charge on any atom is 0.303 e. The molecule has 0 saturated heterocycles. The van der Waals surface area contributed by atoms with Crippen LogP contribution in [0.15, 0.2) is 72.9 Å². The minimum absolute atomic E-state index is 0.0453. The van der Waals surface area contributed by atoms with Crippen molar-refractivity contribution in [3.63, 3.8) is 0 Å². The number of ether oxygens (including phenoxy) is 1. The summed E-state index contributed by atoms with van der Waals surface area (Å²) in [7, 11) is 1.53. The zero-order valence-corrected chi connectivity index (χ0v) is 18.2. The number of benzene rings is 2. The number of aromatic nitrogens is 1. The Bertz CT molecular complexity index is 1120. The molecule has 1 atom stereocenters. The first kappa shape index (κ1) is 23.5. The summed E-state index contributed by atoms with van der Waals surface area (Å²) < 4.78 is 5.24. The Morgan fingerprint density at radius 3 is 2.42 bits per heavy atom. The number of hydrogen-bond acceptors (Lipinski definition) is 5. The van der Waals surface area contributed by atoms with Crippen LogP contribution < -0.4 is 10.5 Å². The highest BCUT2D eigenvalue weighted by Gasteiger charge is 2.30. The highest BCUT2D eigenvalue weighted by molar-refractivity contribution is 5.97. The van der Waals surface area contributed by atoms with Crippen molar-refractivity contribution in [2.24, 2.45) is 5.73 Å². The topological polar surface area (TPSA) is 123 Å². The van der Waals surface area contributed by atoms with Gasteiger partial charge in [0.15, 0.2) is 0 Å². The van der Waals surface area contributed by atoms with Gasteiger partial charge in [-0.1, -0.05) is 42.5 Å². The monoisotopic (exact) mass is 447 g/mol. The summed E-state index contributed by atoms with van der Waals surface area (Å²) in [5.41, 5.74) is 8.16. The predicted molar refractivity (Wildman–Crippen MR) is 122 cm³/mol. The summed E-state index contributed by atoms with van der Waals surface area (Å²) in [6, 6.07) is 18.8. The highest BCUT2D eigenvalue weighted by Crippen LogP contribution is 2.21. The van der Waals surface area contributed by atoms with E-state index in [0.29, 0.717) is 17.0 Å². The van der Waals surface area contributed by atoms with Gasteiger partial charge in [0.2, 0.25) is 5.91 Å². The Labute approximate surface area is 191 Å². The maximum absolute atomic E-state index is 13.4. The third-order valence-corrected chi connectivity index (χ3v) is 5.16. The van der Waals surface area contributed by atoms with E-state index in [1.807, 2.05) is 30.3 Å². The molecule has 0 fully saturated rings. The Morgan fingerprint density at radius 2 is 1.82 bits per heavy atom. The van der Waals surface area contributed by atoms with Crippen LogP contribution in [0, 0.1) is 0 Å². The Hall–Kier alpha value is -4.20. The number of carbonyl (C=O) groups is 3. The second kappa shape index (κ2) is 10.9. The van der Waals surface area contributed by atoms with Crippen LogP contribution in [0.2, 0.25) is 0 Å². The molecule has 3 rings (SSSR count). The smallest absolute Gasteiger partial charge is 0.303 e. The van der Waals surface area contributed by atoms with Crippen LogP contribution in [0.1, 0.15) is 28.8 Å². The zero-order valence-electron chi connectivity index (χ0n) is 18.2. The summed E-state index contributed by atoms with van der Waals surface area (Å²) in [6.07, 6.45) is 1.04. The molecule has 0 spiro atoms. The second-order valence-corrected chi connectivity index (χ2v) is 7.43. The van der Waals surface area contributed by atoms with Gasteiger partial charge in [-0.15, -0.1) is 0 Å². The van der Waals surface area contributed by atoms with Crippen molar-refractivity contribution in [2.75, 3.05) is 7.11 Å². The van der Waals surface area contributed by atoms with Gasteiger partial charge in [-0.2, -0.15) is 0 Å². The minimum Gasteiger partial charge on any atom is -0.497 e. The fraction of sp³-hybridized carbons (Fsp3) is 0.200. The molecule has 0 unspecified atom stereocenters. The molecule has 1 aromatic heterocycles. The lowest BCUT2D eigenvalue weighted by atomic mass is 10.0. The SMILES string of the molecule is COc1cccc(CN(C(=O)c2ccc(-c3ccccc3)nc2)[C@@H](CCC(=O)O)C(N)=O)c1. The number of carbonyl (C=O) groups excluding carboxylic acids is 2. The summed E-state index contributed by atoms with van der Waals surface area (Å²) in [4.78, 5) is 42.5. The van der Waals surface area contributed by atoms with E-state index in [9.17, 15) is 14.4 Å². The summed E-state index contributed by atoms with van der Waals surface area (Å²) >= 11 is 0. The molecule has 170 valence electrons. The molecule has 0 radical (unpaired) electrons. The molecule has 0 aliphatic heterocycles. The van der Waals surface area contributed by atoms with Gasteiger partial charge in [-0.25, -0.2) is 0 Å². The Balaban J connectivity index is 1.93. The van der Waals surface area contributed by atoms with Crippen LogP contribution in [0.4, 0.5) is 0 Å². The summed E-state index contributed by atoms with van der Waals surface area (Å²) in [5, 5.41) is 9.10. The average molecular weight is 447 g/mol. The van der Waals surface area contributed by atoms with Gasteiger partial charge in [-0.05, 0) is 36.2 Å². The Kier molecular flexibility index (Phi) is 7.75. The van der Waals surface area contributed by atoms with Crippen molar-refractivity contribution in [1.82, 2.24) is 9.88 Å². The minimum atomic E-state index is -1.10. The number of primary amides is 1. The lowest BCUT2D eigenvalue weighted by Gasteiger charge is -2.30. The number of aliphatic carboxylic acids is 1. The van der Waals surface area contributed by atoms with Crippen LogP contribution in [-0.2, 0) is 16.1 Å². The van der Waals surface area contributed by atoms with E-state index in [4.69, 9.17) is 15.6 Å². The number of amides is 2. The average Bonchev–Trinajstić information content (AvgIpc) is 2.83. The van der Waals surface area contributed by atoms with Gasteiger partial charge in [-0.3, -0.25) is 19.4 Å². The zero-order chi connectivity index (χ0) is 23.8. The highest BCUT2D eigenvalue weighted by atomic mass is 16.5. The molecule has 2 aromatic carbocycles. The summed E-state index contributed by atoms with van der Waals surface area (Å²) in [6.45, 7) is 0.0453. The number of nitrogens with two attached hydrogens (primary N) is 1. The predicted octanol–water partition coefficient (Wildman–Crippen LogP) is 3.12. The first-order chi connectivity index (χ1) is 15.9. The van der Waals surface area contributed by atoms with E-state index in [-0.39, 0.29) is 24.9 Å². The van der Waals surface area contributed by atoms with Crippen LogP contribution in [-0.4, -0.2) is 45.9 Å². The van der Waals surface area contributed by atoms with Gasteiger partial charge in [0.05, 0.1) is 18.4 Å². The van der Waals surface area contributed by atoms with Gasteiger partial charge in [0.25, 0.3) is 5.91 Å². The van der Waals surface area contributed by atoms with Crippen molar-refractivity contribution in [3.05, 3.63) is 84.1 Å². The normalized spacial score (nSPS) is 11.4. The van der Waals surface area contributed by atoms with Crippen LogP contribution in [0.25, 0.3) is 11.3 Å². The van der Waals surface area contributed by atoms with Crippen molar-refractivity contribution in [1.29, 1.82) is 0 Å². The molecule has 0 bridgehead atoms. The van der Waals surface area contributed by atoms with E-state index < -0.39 is 23.8 Å². The lowest BCUT2D eigenvalue weighted by molar-refractivity contribution is -0.137. The number of rotatable bonds is 10. The van der Waals surface area contributed by atoms with Crippen molar-refractivity contribution in [3.8, 4) is 17.0 Å². The van der Waals surface area contributed by atoms with Crippen molar-refractivity contribution in [2.45, 2.75) is 25.4 Å². The molecule has 0 aliphatic carbocycles.